The lowest BCUT2D eigenvalue weighted by atomic mass is 9.74. The molecule has 2 aliphatic rings. The van der Waals surface area contributed by atoms with Gasteiger partial charge in [0.05, 0.1) is 12.6 Å². The number of halogens is 1. The molecule has 1 amide bonds. The number of likely N-dealkylation sites (tertiary alicyclic amines) is 1. The highest BCUT2D eigenvalue weighted by Crippen LogP contribution is 2.46. The van der Waals surface area contributed by atoms with Crippen molar-refractivity contribution in [2.24, 2.45) is 0 Å². The number of aryl methyl sites for hydroxylation is 1. The lowest BCUT2D eigenvalue weighted by Crippen LogP contribution is -2.47. The number of nitrogens with zero attached hydrogens (tertiary/aromatic N) is 1. The summed E-state index contributed by atoms with van der Waals surface area (Å²) in [6, 6.07) is 23.3. The summed E-state index contributed by atoms with van der Waals surface area (Å²) in [6.07, 6.45) is 4.38. The molecular weight excluding hydrogens is 432 g/mol. The molecule has 1 heterocycles. The molecule has 1 fully saturated rings. The molecule has 1 aliphatic heterocycles. The fourth-order valence-corrected chi connectivity index (χ4v) is 5.76. The normalized spacial score (nSPS) is 17.7. The zero-order valence-corrected chi connectivity index (χ0v) is 19.4. The molecule has 0 radical (unpaired) electrons. The highest BCUT2D eigenvalue weighted by Gasteiger charge is 2.41. The Morgan fingerprint density at radius 1 is 1.00 bits per heavy atom. The fourth-order valence-electron chi connectivity index (χ4n) is 5.58. The number of fused-ring (bicyclic) bond motifs is 2. The zero-order chi connectivity index (χ0) is 22.8. The topological polar surface area (TPSA) is 52.6 Å². The van der Waals surface area contributed by atoms with Gasteiger partial charge in [0.15, 0.2) is 0 Å². The smallest absolute Gasteiger partial charge is 0.236 e. The van der Waals surface area contributed by atoms with E-state index in [1.807, 2.05) is 35.2 Å². The van der Waals surface area contributed by atoms with Crippen LogP contribution in [0.15, 0.2) is 72.8 Å². The minimum Gasteiger partial charge on any atom is -0.508 e. The largest absolute Gasteiger partial charge is 0.508 e. The summed E-state index contributed by atoms with van der Waals surface area (Å²) in [5.74, 6) is 0.256. The van der Waals surface area contributed by atoms with Gasteiger partial charge in [-0.1, -0.05) is 66.2 Å². The molecule has 5 heteroatoms. The Bertz CT molecular complexity index is 1140. The Morgan fingerprint density at radius 2 is 1.73 bits per heavy atom. The number of nitrogens with one attached hydrogen (secondary N) is 1. The molecule has 0 bridgehead atoms. The Hall–Kier alpha value is -2.82. The minimum atomic E-state index is -0.327. The maximum Gasteiger partial charge on any atom is 0.236 e. The van der Waals surface area contributed by atoms with Gasteiger partial charge in [0.1, 0.15) is 5.75 Å². The summed E-state index contributed by atoms with van der Waals surface area (Å²) in [6.45, 7) is 1.77. The molecule has 1 aliphatic carbocycles. The average molecular weight is 461 g/mol. The summed E-state index contributed by atoms with van der Waals surface area (Å²) in [5.41, 5.74) is 4.85. The third-order valence-corrected chi connectivity index (χ3v) is 7.66. The van der Waals surface area contributed by atoms with Crippen molar-refractivity contribution in [2.45, 2.75) is 37.1 Å². The number of carbonyl (C=O) groups excluding carboxylic acids is 1. The van der Waals surface area contributed by atoms with Crippen molar-refractivity contribution in [1.29, 1.82) is 0 Å². The van der Waals surface area contributed by atoms with E-state index in [4.69, 9.17) is 11.6 Å². The highest BCUT2D eigenvalue weighted by atomic mass is 35.5. The van der Waals surface area contributed by atoms with E-state index < -0.39 is 0 Å². The van der Waals surface area contributed by atoms with Crippen LogP contribution in [0.25, 0.3) is 0 Å². The molecule has 3 aromatic rings. The second kappa shape index (κ2) is 9.20. The lowest BCUT2D eigenvalue weighted by Gasteiger charge is -2.40. The highest BCUT2D eigenvalue weighted by molar-refractivity contribution is 6.30. The van der Waals surface area contributed by atoms with E-state index in [1.165, 1.54) is 17.5 Å². The van der Waals surface area contributed by atoms with E-state index in [9.17, 15) is 9.90 Å². The first-order valence-electron chi connectivity index (χ1n) is 11.7. The molecule has 1 atom stereocenters. The Morgan fingerprint density at radius 3 is 2.52 bits per heavy atom. The number of amides is 1. The van der Waals surface area contributed by atoms with E-state index in [0.717, 1.165) is 37.9 Å². The Balaban J connectivity index is 1.27. The molecule has 33 heavy (non-hydrogen) atoms. The van der Waals surface area contributed by atoms with E-state index >= 15 is 0 Å². The molecule has 5 rings (SSSR count). The van der Waals surface area contributed by atoms with Gasteiger partial charge in [-0.2, -0.15) is 0 Å². The first-order chi connectivity index (χ1) is 16.1. The maximum atomic E-state index is 13.1. The summed E-state index contributed by atoms with van der Waals surface area (Å²) in [4.78, 5) is 15.1. The molecule has 0 aromatic heterocycles. The minimum absolute atomic E-state index is 0.0959. The van der Waals surface area contributed by atoms with Gasteiger partial charge in [-0.3, -0.25) is 10.1 Å². The van der Waals surface area contributed by atoms with Crippen LogP contribution in [0, 0.1) is 0 Å². The van der Waals surface area contributed by atoms with Gasteiger partial charge in [0.25, 0.3) is 0 Å². The van der Waals surface area contributed by atoms with Gasteiger partial charge in [-0.25, -0.2) is 0 Å². The number of aromatic hydroxyl groups is 1. The van der Waals surface area contributed by atoms with Gasteiger partial charge < -0.3 is 10.0 Å². The van der Waals surface area contributed by atoms with Gasteiger partial charge in [0.2, 0.25) is 5.91 Å². The second-order valence-electron chi connectivity index (χ2n) is 9.25. The van der Waals surface area contributed by atoms with Crippen LogP contribution in [0.4, 0.5) is 0 Å². The summed E-state index contributed by atoms with van der Waals surface area (Å²) in [7, 11) is 0. The number of phenols is 1. The van der Waals surface area contributed by atoms with Crippen LogP contribution in [-0.4, -0.2) is 35.5 Å². The molecule has 1 unspecified atom stereocenters. The van der Waals surface area contributed by atoms with Crippen molar-refractivity contribution in [3.05, 3.63) is 100 Å². The summed E-state index contributed by atoms with van der Waals surface area (Å²) in [5, 5.41) is 14.4. The SMILES string of the molecule is O=C(CNC(c1ccccc1)c1cc(Cl)ccc1O)N1CCC2(CCc3ccccc32)CC1. The van der Waals surface area contributed by atoms with Gasteiger partial charge in [-0.05, 0) is 66.0 Å². The number of phenolic OH excluding ortho intramolecular Hbond substituents is 1. The van der Waals surface area contributed by atoms with E-state index in [0.29, 0.717) is 10.6 Å². The molecule has 1 spiro atoms. The predicted molar refractivity (Wildman–Crippen MR) is 132 cm³/mol. The molecule has 170 valence electrons. The fraction of sp³-hybridized carbons (Fsp3) is 0.321. The average Bonchev–Trinajstić information content (AvgIpc) is 3.20. The molecule has 2 N–H and O–H groups in total. The van der Waals surface area contributed by atoms with Gasteiger partial charge >= 0.3 is 0 Å². The van der Waals surface area contributed by atoms with Crippen LogP contribution >= 0.6 is 11.6 Å². The second-order valence-corrected chi connectivity index (χ2v) is 9.68. The van der Waals surface area contributed by atoms with Crippen LogP contribution in [0.2, 0.25) is 5.02 Å². The molecular formula is C28H29ClN2O2. The number of hydrogen-bond acceptors (Lipinski definition) is 3. The number of hydrogen-bond donors (Lipinski definition) is 2. The van der Waals surface area contributed by atoms with E-state index in [-0.39, 0.29) is 29.7 Å². The quantitative estimate of drug-likeness (QED) is 0.548. The van der Waals surface area contributed by atoms with Crippen LogP contribution < -0.4 is 5.32 Å². The van der Waals surface area contributed by atoms with E-state index in [2.05, 4.69) is 29.6 Å². The van der Waals surface area contributed by atoms with Crippen molar-refractivity contribution in [2.75, 3.05) is 19.6 Å². The number of benzene rings is 3. The van der Waals surface area contributed by atoms with Crippen molar-refractivity contribution in [1.82, 2.24) is 10.2 Å². The molecule has 4 nitrogen and oxygen atoms in total. The number of rotatable bonds is 5. The molecule has 0 saturated carbocycles. The Kier molecular flexibility index (Phi) is 6.13. The van der Waals surface area contributed by atoms with Crippen molar-refractivity contribution in [3.8, 4) is 5.75 Å². The number of carbonyl (C=O) groups is 1. The first kappa shape index (κ1) is 22.0. The van der Waals surface area contributed by atoms with Crippen LogP contribution in [0.3, 0.4) is 0 Å². The third-order valence-electron chi connectivity index (χ3n) is 7.43. The monoisotopic (exact) mass is 460 g/mol. The third kappa shape index (κ3) is 4.38. The standard InChI is InChI=1S/C28H29ClN2O2/c29-22-10-11-25(32)23(18-22)27(21-7-2-1-3-8-21)30-19-26(33)31-16-14-28(15-17-31)13-12-20-6-4-5-9-24(20)28/h1-11,18,27,30,32H,12-17,19H2. The van der Waals surface area contributed by atoms with Crippen LogP contribution in [0.1, 0.15) is 47.6 Å². The van der Waals surface area contributed by atoms with E-state index in [1.54, 1.807) is 18.2 Å². The summed E-state index contributed by atoms with van der Waals surface area (Å²) >= 11 is 6.21. The van der Waals surface area contributed by atoms with Gasteiger partial charge in [-0.15, -0.1) is 0 Å². The van der Waals surface area contributed by atoms with Crippen molar-refractivity contribution < 1.29 is 9.90 Å². The van der Waals surface area contributed by atoms with Gasteiger partial charge in [0, 0.05) is 23.7 Å². The van der Waals surface area contributed by atoms with Crippen molar-refractivity contribution in [3.63, 3.8) is 0 Å². The van der Waals surface area contributed by atoms with Crippen LogP contribution in [-0.2, 0) is 16.6 Å². The first-order valence-corrected chi connectivity index (χ1v) is 12.1. The zero-order valence-electron chi connectivity index (χ0n) is 18.6. The summed E-state index contributed by atoms with van der Waals surface area (Å²) < 4.78 is 0. The van der Waals surface area contributed by atoms with Crippen molar-refractivity contribution >= 4 is 17.5 Å². The molecule has 3 aromatic carbocycles. The predicted octanol–water partition coefficient (Wildman–Crippen LogP) is 5.23. The molecule has 1 saturated heterocycles. The Labute approximate surface area is 200 Å². The maximum absolute atomic E-state index is 13.1. The number of piperidine rings is 1. The lowest BCUT2D eigenvalue weighted by molar-refractivity contribution is -0.132. The van der Waals surface area contributed by atoms with Crippen LogP contribution in [0.5, 0.6) is 5.75 Å².